The molecule has 1 fully saturated rings. The quantitative estimate of drug-likeness (QED) is 0.511. The maximum absolute atomic E-state index is 12.6. The molecule has 156 valence electrons. The van der Waals surface area contributed by atoms with Gasteiger partial charge in [-0.25, -0.2) is 0 Å². The Morgan fingerprint density at radius 1 is 1.07 bits per heavy atom. The van der Waals surface area contributed by atoms with Crippen molar-refractivity contribution in [2.45, 2.75) is 39.2 Å². The van der Waals surface area contributed by atoms with Crippen molar-refractivity contribution >= 4 is 17.7 Å². The molecule has 6 nitrogen and oxygen atoms in total. The Balaban J connectivity index is 1.58. The lowest BCUT2D eigenvalue weighted by Gasteiger charge is -2.30. The molecule has 3 atom stereocenters. The van der Waals surface area contributed by atoms with E-state index in [2.05, 4.69) is 36.2 Å². The van der Waals surface area contributed by atoms with Crippen molar-refractivity contribution in [3.63, 3.8) is 0 Å². The first-order valence-corrected chi connectivity index (χ1v) is 10.6. The summed E-state index contributed by atoms with van der Waals surface area (Å²) in [5.74, 6) is -1.26. The summed E-state index contributed by atoms with van der Waals surface area (Å²) in [5, 5.41) is 2.96. The number of nitrogens with zero attached hydrogens (tertiary/aromatic N) is 2. The van der Waals surface area contributed by atoms with Crippen LogP contribution in [0.5, 0.6) is 0 Å². The number of carbonyl (C=O) groups excluding carboxylic acids is 3. The zero-order chi connectivity index (χ0) is 20.8. The highest BCUT2D eigenvalue weighted by Crippen LogP contribution is 2.34. The second-order valence-electron chi connectivity index (χ2n) is 7.79. The van der Waals surface area contributed by atoms with Crippen molar-refractivity contribution in [3.8, 4) is 0 Å². The summed E-state index contributed by atoms with van der Waals surface area (Å²) in [4.78, 5) is 41.1. The minimum absolute atomic E-state index is 0.160. The van der Waals surface area contributed by atoms with E-state index < -0.39 is 0 Å². The number of likely N-dealkylation sites (tertiary alicyclic amines) is 1. The molecule has 1 aliphatic heterocycles. The number of hydrogen-bond acceptors (Lipinski definition) is 4. The number of hydrogen-bond donors (Lipinski definition) is 1. The number of carbonyl (C=O) groups is 3. The van der Waals surface area contributed by atoms with Crippen LogP contribution in [0.3, 0.4) is 0 Å². The molecular weight excluding hydrogens is 366 g/mol. The van der Waals surface area contributed by atoms with Crippen molar-refractivity contribution in [1.82, 2.24) is 15.1 Å². The number of likely N-dealkylation sites (N-methyl/N-ethyl adjacent to an activating group) is 1. The van der Waals surface area contributed by atoms with Gasteiger partial charge in [0.05, 0.1) is 11.8 Å². The Hall–Kier alpha value is -2.47. The Kier molecular flexibility index (Phi) is 7.20. The first-order valence-electron chi connectivity index (χ1n) is 10.6. The number of benzene rings is 1. The normalized spacial score (nSPS) is 22.1. The molecule has 29 heavy (non-hydrogen) atoms. The van der Waals surface area contributed by atoms with E-state index in [0.717, 1.165) is 24.4 Å². The summed E-state index contributed by atoms with van der Waals surface area (Å²) in [6, 6.07) is 10.4. The predicted octanol–water partition coefficient (Wildman–Crippen LogP) is 2.01. The van der Waals surface area contributed by atoms with Crippen molar-refractivity contribution in [1.29, 1.82) is 0 Å². The molecule has 0 bridgehead atoms. The molecule has 0 saturated carbocycles. The van der Waals surface area contributed by atoms with Crippen LogP contribution in [0.25, 0.3) is 0 Å². The summed E-state index contributed by atoms with van der Waals surface area (Å²) in [5.41, 5.74) is 1.22. The minimum Gasteiger partial charge on any atom is -0.353 e. The van der Waals surface area contributed by atoms with Gasteiger partial charge >= 0.3 is 0 Å². The summed E-state index contributed by atoms with van der Waals surface area (Å²) < 4.78 is 0. The topological polar surface area (TPSA) is 69.7 Å². The van der Waals surface area contributed by atoms with Gasteiger partial charge in [0.25, 0.3) is 0 Å². The highest BCUT2D eigenvalue weighted by atomic mass is 16.2. The van der Waals surface area contributed by atoms with Gasteiger partial charge in [0.15, 0.2) is 0 Å². The maximum Gasteiger partial charge on any atom is 0.240 e. The zero-order valence-corrected chi connectivity index (χ0v) is 17.3. The Labute approximate surface area is 172 Å². The van der Waals surface area contributed by atoms with Gasteiger partial charge in [-0.1, -0.05) is 56.3 Å². The van der Waals surface area contributed by atoms with Crippen molar-refractivity contribution < 1.29 is 14.4 Å². The Bertz CT molecular complexity index is 732. The second-order valence-corrected chi connectivity index (χ2v) is 7.79. The molecule has 1 saturated heterocycles. The molecule has 0 aromatic heterocycles. The lowest BCUT2D eigenvalue weighted by molar-refractivity contribution is -0.143. The van der Waals surface area contributed by atoms with Crippen molar-refractivity contribution in [3.05, 3.63) is 48.0 Å². The fraction of sp³-hybridized carbons (Fsp3) is 0.522. The van der Waals surface area contributed by atoms with E-state index >= 15 is 0 Å². The molecule has 0 spiro atoms. The number of amides is 3. The van der Waals surface area contributed by atoms with Crippen LogP contribution in [0.15, 0.2) is 42.5 Å². The largest absolute Gasteiger partial charge is 0.353 e. The number of imide groups is 1. The third-order valence-corrected chi connectivity index (χ3v) is 6.08. The maximum atomic E-state index is 12.6. The van der Waals surface area contributed by atoms with Crippen LogP contribution in [0, 0.1) is 11.8 Å². The molecule has 1 aromatic carbocycles. The van der Waals surface area contributed by atoms with E-state index in [0.29, 0.717) is 19.4 Å². The van der Waals surface area contributed by atoms with Gasteiger partial charge in [-0.05, 0) is 37.9 Å². The van der Waals surface area contributed by atoms with E-state index in [-0.39, 0.29) is 42.1 Å². The third kappa shape index (κ3) is 4.93. The number of allylic oxidation sites excluding steroid dienone is 2. The molecule has 0 radical (unpaired) electrons. The van der Waals surface area contributed by atoms with Gasteiger partial charge in [0.1, 0.15) is 6.54 Å². The van der Waals surface area contributed by atoms with Crippen molar-refractivity contribution in [2.75, 3.05) is 26.2 Å². The fourth-order valence-corrected chi connectivity index (χ4v) is 4.41. The molecule has 3 unspecified atom stereocenters. The van der Waals surface area contributed by atoms with Gasteiger partial charge in [-0.15, -0.1) is 0 Å². The van der Waals surface area contributed by atoms with Gasteiger partial charge in [0, 0.05) is 12.6 Å². The van der Waals surface area contributed by atoms with Crippen LogP contribution in [0.4, 0.5) is 0 Å². The summed E-state index contributed by atoms with van der Waals surface area (Å²) in [6.45, 7) is 6.31. The standard InChI is InChI=1S/C23H31N3O3/c1-3-25(4-2)18(14-17-10-6-5-7-11-17)15-24-21(27)16-26-22(28)19-12-8-9-13-20(19)23(26)29/h5-11,18-20H,3-4,12-16H2,1-2H3,(H,24,27). The molecular formula is C23H31N3O3. The van der Waals surface area contributed by atoms with E-state index in [1.54, 1.807) is 0 Å². The second kappa shape index (κ2) is 9.83. The molecule has 3 rings (SSSR count). The summed E-state index contributed by atoms with van der Waals surface area (Å²) in [7, 11) is 0. The van der Waals surface area contributed by atoms with Crippen LogP contribution < -0.4 is 5.32 Å². The fourth-order valence-electron chi connectivity index (χ4n) is 4.41. The molecule has 1 aromatic rings. The van der Waals surface area contributed by atoms with Crippen LogP contribution in [-0.4, -0.2) is 59.7 Å². The SMILES string of the molecule is CCN(CC)C(CNC(=O)CN1C(=O)C2CC=CCC2C1=O)Cc1ccccc1. The lowest BCUT2D eigenvalue weighted by atomic mass is 9.85. The monoisotopic (exact) mass is 397 g/mol. The minimum atomic E-state index is -0.290. The lowest BCUT2D eigenvalue weighted by Crippen LogP contribution is -2.48. The van der Waals surface area contributed by atoms with Crippen molar-refractivity contribution in [2.24, 2.45) is 11.8 Å². The highest BCUT2D eigenvalue weighted by Gasteiger charge is 2.47. The average molecular weight is 398 g/mol. The average Bonchev–Trinajstić information content (AvgIpc) is 2.98. The molecule has 1 aliphatic carbocycles. The molecule has 6 heteroatoms. The molecule has 2 aliphatic rings. The van der Waals surface area contributed by atoms with Gasteiger partial charge in [-0.2, -0.15) is 0 Å². The Morgan fingerprint density at radius 3 is 2.21 bits per heavy atom. The summed E-state index contributed by atoms with van der Waals surface area (Å²) in [6.07, 6.45) is 5.92. The molecule has 3 amide bonds. The van der Waals surface area contributed by atoms with Crippen LogP contribution in [0.1, 0.15) is 32.3 Å². The van der Waals surface area contributed by atoms with Gasteiger partial charge in [0.2, 0.25) is 17.7 Å². The van der Waals surface area contributed by atoms with Gasteiger partial charge in [-0.3, -0.25) is 24.2 Å². The molecule has 1 N–H and O–H groups in total. The van der Waals surface area contributed by atoms with Crippen LogP contribution >= 0.6 is 0 Å². The predicted molar refractivity (Wildman–Crippen MR) is 112 cm³/mol. The van der Waals surface area contributed by atoms with E-state index in [9.17, 15) is 14.4 Å². The van der Waals surface area contributed by atoms with Crippen LogP contribution in [-0.2, 0) is 20.8 Å². The zero-order valence-electron chi connectivity index (χ0n) is 17.3. The third-order valence-electron chi connectivity index (χ3n) is 6.08. The number of nitrogens with one attached hydrogen (secondary N) is 1. The Morgan fingerprint density at radius 2 is 1.66 bits per heavy atom. The van der Waals surface area contributed by atoms with E-state index in [4.69, 9.17) is 0 Å². The first kappa shape index (κ1) is 21.2. The molecule has 1 heterocycles. The van der Waals surface area contributed by atoms with Crippen LogP contribution in [0.2, 0.25) is 0 Å². The summed E-state index contributed by atoms with van der Waals surface area (Å²) >= 11 is 0. The smallest absolute Gasteiger partial charge is 0.240 e. The van der Waals surface area contributed by atoms with E-state index in [1.165, 1.54) is 5.56 Å². The first-order chi connectivity index (χ1) is 14.0. The van der Waals surface area contributed by atoms with E-state index in [1.807, 2.05) is 30.4 Å². The van der Waals surface area contributed by atoms with Gasteiger partial charge < -0.3 is 5.32 Å². The number of fused-ring (bicyclic) bond motifs is 1. The number of rotatable bonds is 9. The highest BCUT2D eigenvalue weighted by molar-refractivity contribution is 6.07.